The number of hydrogen-bond donors (Lipinski definition) is 4. The van der Waals surface area contributed by atoms with Crippen molar-refractivity contribution in [1.82, 2.24) is 40.1 Å². The van der Waals surface area contributed by atoms with Gasteiger partial charge in [-0.1, -0.05) is 6.92 Å². The third kappa shape index (κ3) is 6.90. The van der Waals surface area contributed by atoms with Gasteiger partial charge in [-0.25, -0.2) is 18.7 Å². The molecule has 18 heteroatoms. The Labute approximate surface area is 257 Å². The largest absolute Gasteiger partial charge is 0.435 e. The van der Waals surface area contributed by atoms with Crippen LogP contribution < -0.4 is 26.0 Å². The quantitative estimate of drug-likeness (QED) is 0.134. The van der Waals surface area contributed by atoms with Crippen LogP contribution in [0.3, 0.4) is 0 Å². The molecule has 4 N–H and O–H groups in total. The minimum atomic E-state index is -4.94. The highest BCUT2D eigenvalue weighted by atomic mass is 19.4. The van der Waals surface area contributed by atoms with E-state index in [1.807, 2.05) is 0 Å². The second kappa shape index (κ2) is 13.5. The first-order chi connectivity index (χ1) is 22.0. The van der Waals surface area contributed by atoms with Gasteiger partial charge in [0.2, 0.25) is 5.91 Å². The average Bonchev–Trinajstić information content (AvgIpc) is 3.76. The molecule has 0 aliphatic carbocycles. The highest BCUT2D eigenvalue weighted by Gasteiger charge is 2.38. The number of nitrogens with one attached hydrogen (secondary N) is 4. The van der Waals surface area contributed by atoms with Crippen molar-refractivity contribution in [1.29, 1.82) is 0 Å². The molecular weight excluding hydrogens is 621 g/mol. The predicted molar refractivity (Wildman–Crippen MR) is 153 cm³/mol. The number of hydrogen-bond acceptors (Lipinski definition) is 9. The van der Waals surface area contributed by atoms with Crippen molar-refractivity contribution >= 4 is 35.4 Å². The number of nitrogens with zero attached hydrogens (tertiary/aromatic N) is 5. The Balaban J connectivity index is 1.44. The van der Waals surface area contributed by atoms with Crippen LogP contribution in [0, 0.1) is 0 Å². The van der Waals surface area contributed by atoms with Gasteiger partial charge in [0.1, 0.15) is 6.54 Å². The lowest BCUT2D eigenvalue weighted by molar-refractivity contribution is -0.141. The van der Waals surface area contributed by atoms with Crippen LogP contribution in [0.25, 0.3) is 16.9 Å². The third-order valence-corrected chi connectivity index (χ3v) is 7.17. The van der Waals surface area contributed by atoms with Gasteiger partial charge < -0.3 is 26.0 Å². The van der Waals surface area contributed by atoms with Crippen LogP contribution in [0.4, 0.5) is 33.5 Å². The van der Waals surface area contributed by atoms with Gasteiger partial charge in [0.05, 0.1) is 29.7 Å². The lowest BCUT2D eigenvalue weighted by Crippen LogP contribution is -2.42. The number of fused-ring (bicyclic) bond motifs is 1. The summed E-state index contributed by atoms with van der Waals surface area (Å²) in [6, 6.07) is 2.87. The molecular formula is C28H28F5N9O4. The number of benzene rings is 1. The molecule has 4 aromatic rings. The van der Waals surface area contributed by atoms with Crippen LogP contribution in [0.5, 0.6) is 5.75 Å². The number of ether oxygens (including phenoxy) is 1. The molecule has 1 aliphatic heterocycles. The first-order valence-electron chi connectivity index (χ1n) is 14.1. The van der Waals surface area contributed by atoms with Crippen LogP contribution in [0.2, 0.25) is 0 Å². The van der Waals surface area contributed by atoms with E-state index in [0.717, 1.165) is 25.4 Å². The molecule has 3 aromatic heterocycles. The van der Waals surface area contributed by atoms with Gasteiger partial charge in [-0.3, -0.25) is 23.5 Å². The van der Waals surface area contributed by atoms with E-state index >= 15 is 0 Å². The van der Waals surface area contributed by atoms with Gasteiger partial charge in [0.25, 0.3) is 18.8 Å². The smallest absolute Gasteiger partial charge is 0.426 e. The molecule has 0 bridgehead atoms. The van der Waals surface area contributed by atoms with Crippen molar-refractivity contribution in [2.75, 3.05) is 25.0 Å². The maximum Gasteiger partial charge on any atom is 0.435 e. The summed E-state index contributed by atoms with van der Waals surface area (Å²) in [5.74, 6) is -0.917. The molecule has 244 valence electrons. The van der Waals surface area contributed by atoms with E-state index in [4.69, 9.17) is 4.74 Å². The number of anilines is 2. The Bertz CT molecular complexity index is 1750. The molecule has 13 nitrogen and oxygen atoms in total. The van der Waals surface area contributed by atoms with Crippen molar-refractivity contribution in [2.45, 2.75) is 45.0 Å². The maximum atomic E-state index is 13.8. The normalized spacial score (nSPS) is 14.9. The summed E-state index contributed by atoms with van der Waals surface area (Å²) in [5, 5.41) is 14.8. The Morgan fingerprint density at radius 2 is 2.04 bits per heavy atom. The summed E-state index contributed by atoms with van der Waals surface area (Å²) in [6.07, 6.45) is -2.26. The Morgan fingerprint density at radius 3 is 2.72 bits per heavy atom. The van der Waals surface area contributed by atoms with Crippen LogP contribution >= 0.6 is 0 Å². The molecule has 1 aromatic carbocycles. The van der Waals surface area contributed by atoms with E-state index in [9.17, 15) is 36.3 Å². The van der Waals surface area contributed by atoms with E-state index in [1.165, 1.54) is 28.9 Å². The number of carbonyl (C=O) groups is 3. The van der Waals surface area contributed by atoms with E-state index in [2.05, 4.69) is 36.3 Å². The van der Waals surface area contributed by atoms with Gasteiger partial charge in [0.15, 0.2) is 22.9 Å². The summed E-state index contributed by atoms with van der Waals surface area (Å²) < 4.78 is 74.3. The topological polar surface area (TPSA) is 157 Å². The number of alkyl halides is 5. The van der Waals surface area contributed by atoms with Gasteiger partial charge in [-0.05, 0) is 31.5 Å². The Kier molecular flexibility index (Phi) is 9.45. The third-order valence-electron chi connectivity index (χ3n) is 7.17. The Hall–Kier alpha value is -5.13. The monoisotopic (exact) mass is 649 g/mol. The van der Waals surface area contributed by atoms with Crippen molar-refractivity contribution in [3.8, 4) is 17.0 Å². The number of halogens is 5. The molecule has 0 saturated carbocycles. The molecule has 1 saturated heterocycles. The summed E-state index contributed by atoms with van der Waals surface area (Å²) in [5.41, 5.74) is -1.22. The van der Waals surface area contributed by atoms with Gasteiger partial charge >= 0.3 is 6.18 Å². The standard InChI is InChI=1S/C28H28F5N9O4/c1-2-16-17(27(45)37-11-22(44)38-15-5-6-34-9-15)3-4-19(23(16)46-14-43)39-25-26-36-10-20(42(26)8-7-35-25)18-12-41(13-21(29)30)40-24(18)28(31,32)33/h3-4,7-8,10,12,14-15,21,34H,2,5-6,9,11,13H2,1H3,(H,35,39)(H,37,45)(H,38,44)/t15-/m1/s1. The second-order valence-corrected chi connectivity index (χ2v) is 10.2. The zero-order chi connectivity index (χ0) is 33.0. The van der Waals surface area contributed by atoms with E-state index in [0.29, 0.717) is 16.8 Å². The lowest BCUT2D eigenvalue weighted by atomic mass is 10.0. The molecule has 1 aliphatic rings. The molecule has 0 radical (unpaired) electrons. The summed E-state index contributed by atoms with van der Waals surface area (Å²) >= 11 is 0. The lowest BCUT2D eigenvalue weighted by Gasteiger charge is -2.17. The molecule has 2 amide bonds. The molecule has 1 atom stereocenters. The zero-order valence-corrected chi connectivity index (χ0v) is 24.2. The van der Waals surface area contributed by atoms with Crippen molar-refractivity contribution < 1.29 is 41.1 Å². The van der Waals surface area contributed by atoms with Crippen molar-refractivity contribution in [3.05, 3.63) is 53.7 Å². The highest BCUT2D eigenvalue weighted by molar-refractivity contribution is 5.99. The summed E-state index contributed by atoms with van der Waals surface area (Å²) in [4.78, 5) is 45.2. The van der Waals surface area contributed by atoms with Gasteiger partial charge in [-0.2, -0.15) is 18.3 Å². The van der Waals surface area contributed by atoms with Gasteiger partial charge in [0, 0.05) is 42.3 Å². The molecule has 0 spiro atoms. The first kappa shape index (κ1) is 32.3. The first-order valence-corrected chi connectivity index (χ1v) is 14.1. The predicted octanol–water partition coefficient (Wildman–Crippen LogP) is 2.93. The van der Waals surface area contributed by atoms with Crippen LogP contribution in [0.15, 0.2) is 36.9 Å². The minimum Gasteiger partial charge on any atom is -0.426 e. The van der Waals surface area contributed by atoms with Crippen LogP contribution in [-0.4, -0.2) is 74.5 Å². The SMILES string of the molecule is CCc1c(C(=O)NCC(=O)N[C@@H]2CCNC2)ccc(Nc2nccn3c(-c4cn(CC(F)F)nc4C(F)(F)F)cnc23)c1OC=O. The molecule has 5 rings (SSSR count). The molecule has 46 heavy (non-hydrogen) atoms. The summed E-state index contributed by atoms with van der Waals surface area (Å²) in [7, 11) is 0. The fourth-order valence-corrected chi connectivity index (χ4v) is 5.17. The van der Waals surface area contributed by atoms with Gasteiger partial charge in [-0.15, -0.1) is 0 Å². The van der Waals surface area contributed by atoms with Crippen LogP contribution in [0.1, 0.15) is 35.0 Å². The highest BCUT2D eigenvalue weighted by Crippen LogP contribution is 2.38. The number of imidazole rings is 1. The van der Waals surface area contributed by atoms with Crippen LogP contribution in [-0.2, 0) is 28.7 Å². The van der Waals surface area contributed by atoms with Crippen molar-refractivity contribution in [3.63, 3.8) is 0 Å². The van der Waals surface area contributed by atoms with Crippen molar-refractivity contribution in [2.24, 2.45) is 0 Å². The number of amides is 2. The van der Waals surface area contributed by atoms with E-state index in [1.54, 1.807) is 6.92 Å². The zero-order valence-electron chi connectivity index (χ0n) is 24.2. The summed E-state index contributed by atoms with van der Waals surface area (Å²) in [6.45, 7) is 2.02. The minimum absolute atomic E-state index is 0.0187. The molecule has 0 unspecified atom stereocenters. The molecule has 4 heterocycles. The maximum absolute atomic E-state index is 13.8. The molecule has 1 fully saturated rings. The number of rotatable bonds is 12. The number of carbonyl (C=O) groups excluding carboxylic acids is 3. The van der Waals surface area contributed by atoms with E-state index in [-0.39, 0.29) is 65.5 Å². The Morgan fingerprint density at radius 1 is 1.24 bits per heavy atom. The number of aromatic nitrogens is 5. The average molecular weight is 650 g/mol. The fourth-order valence-electron chi connectivity index (χ4n) is 5.17. The van der Waals surface area contributed by atoms with E-state index < -0.39 is 36.3 Å². The fraction of sp³-hybridized carbons (Fsp3) is 0.357. The second-order valence-electron chi connectivity index (χ2n) is 10.2.